The van der Waals surface area contributed by atoms with Crippen LogP contribution in [0.3, 0.4) is 0 Å². The van der Waals surface area contributed by atoms with Gasteiger partial charge < -0.3 is 5.32 Å². The Kier molecular flexibility index (Phi) is 5.68. The molecule has 7 aromatic rings. The van der Waals surface area contributed by atoms with E-state index in [1.165, 1.54) is 26.2 Å². The molecule has 8 rings (SSSR count). The molecule has 0 spiro atoms. The SMILES string of the molecule is c1ccc(-c2nc3ccc4ccc(C5=NC(c6ccccc6)N=C(c6ccc7ccccc7c6)N5)cc4c3s2)cc1. The molecule has 1 N–H and O–H groups in total. The summed E-state index contributed by atoms with van der Waals surface area (Å²) in [4.78, 5) is 15.1. The number of amidine groups is 2. The molecule has 1 aliphatic heterocycles. The summed E-state index contributed by atoms with van der Waals surface area (Å²) in [6.07, 6.45) is -0.339. The van der Waals surface area contributed by atoms with Crippen molar-refractivity contribution in [3.63, 3.8) is 0 Å². The summed E-state index contributed by atoms with van der Waals surface area (Å²) in [5.74, 6) is 1.63. The van der Waals surface area contributed by atoms with Crippen LogP contribution in [0.2, 0.25) is 0 Å². The lowest BCUT2D eigenvalue weighted by atomic mass is 10.0. The Morgan fingerprint density at radius 2 is 1.17 bits per heavy atom. The molecule has 0 radical (unpaired) electrons. The number of aliphatic imine (C=N–C) groups is 2. The third kappa shape index (κ3) is 4.37. The van der Waals surface area contributed by atoms with E-state index in [1.54, 1.807) is 11.3 Å². The summed E-state index contributed by atoms with van der Waals surface area (Å²) in [6.45, 7) is 0. The second-order valence-corrected chi connectivity index (χ2v) is 11.2. The van der Waals surface area contributed by atoms with Crippen molar-refractivity contribution in [3.8, 4) is 10.6 Å². The number of nitrogens with zero attached hydrogens (tertiary/aromatic N) is 3. The van der Waals surface area contributed by atoms with Gasteiger partial charge in [0.1, 0.15) is 16.7 Å². The molecule has 1 aliphatic rings. The first-order chi connectivity index (χ1) is 20.3. The van der Waals surface area contributed by atoms with Crippen molar-refractivity contribution in [2.45, 2.75) is 6.17 Å². The lowest BCUT2D eigenvalue weighted by Crippen LogP contribution is -2.36. The lowest BCUT2D eigenvalue weighted by molar-refractivity contribution is 0.756. The fourth-order valence-electron chi connectivity index (χ4n) is 5.41. The number of hydrogen-bond donors (Lipinski definition) is 1. The van der Waals surface area contributed by atoms with Crippen LogP contribution >= 0.6 is 11.3 Å². The normalized spacial score (nSPS) is 15.1. The van der Waals surface area contributed by atoms with E-state index < -0.39 is 0 Å². The Balaban J connectivity index is 1.25. The summed E-state index contributed by atoms with van der Waals surface area (Å²) in [6, 6.07) is 46.4. The zero-order chi connectivity index (χ0) is 27.2. The average Bonchev–Trinajstić information content (AvgIpc) is 3.50. The number of benzene rings is 6. The minimum atomic E-state index is -0.339. The number of aromatic nitrogens is 1. The van der Waals surface area contributed by atoms with Crippen LogP contribution in [0.15, 0.2) is 143 Å². The van der Waals surface area contributed by atoms with E-state index in [4.69, 9.17) is 15.0 Å². The molecule has 0 amide bonds. The average molecular weight is 545 g/mol. The number of fused-ring (bicyclic) bond motifs is 4. The third-order valence-electron chi connectivity index (χ3n) is 7.53. The molecule has 0 aliphatic carbocycles. The molecule has 0 saturated heterocycles. The summed E-state index contributed by atoms with van der Waals surface area (Å²) in [5.41, 5.74) is 5.27. The smallest absolute Gasteiger partial charge is 0.169 e. The minimum Gasteiger partial charge on any atom is -0.324 e. The Morgan fingerprint density at radius 3 is 1.95 bits per heavy atom. The zero-order valence-corrected chi connectivity index (χ0v) is 22.8. The van der Waals surface area contributed by atoms with E-state index in [-0.39, 0.29) is 6.17 Å². The van der Waals surface area contributed by atoms with Gasteiger partial charge in [-0.15, -0.1) is 11.3 Å². The number of nitrogens with one attached hydrogen (secondary N) is 1. The third-order valence-corrected chi connectivity index (χ3v) is 8.68. The van der Waals surface area contributed by atoms with E-state index in [2.05, 4.69) is 115 Å². The van der Waals surface area contributed by atoms with E-state index >= 15 is 0 Å². The standard InChI is InChI=1S/C36H24N4S/c1-3-10-25(11-4-1)33-38-34(28-17-15-23-9-7-8-14-27(23)21-28)40-35(39-33)29-18-16-24-19-20-31-32(30(24)22-29)41-36(37-31)26-12-5-2-6-13-26/h1-22,33H,(H,38,39,40). The number of rotatable bonds is 4. The Morgan fingerprint density at radius 1 is 0.537 bits per heavy atom. The zero-order valence-electron chi connectivity index (χ0n) is 22.0. The van der Waals surface area contributed by atoms with Crippen molar-refractivity contribution in [1.29, 1.82) is 0 Å². The predicted octanol–water partition coefficient (Wildman–Crippen LogP) is 8.77. The molecule has 194 valence electrons. The minimum absolute atomic E-state index is 0.339. The Labute approximate surface area is 241 Å². The first kappa shape index (κ1) is 23.7. The van der Waals surface area contributed by atoms with Gasteiger partial charge in [-0.1, -0.05) is 115 Å². The Hall–Kier alpha value is -5.13. The molecule has 1 aromatic heterocycles. The van der Waals surface area contributed by atoms with Crippen LogP contribution in [0, 0.1) is 0 Å². The molecule has 1 atom stereocenters. The molecule has 2 heterocycles. The van der Waals surface area contributed by atoms with Crippen molar-refractivity contribution in [2.24, 2.45) is 9.98 Å². The molecule has 0 bridgehead atoms. The maximum atomic E-state index is 5.11. The van der Waals surface area contributed by atoms with Gasteiger partial charge in [0, 0.05) is 22.1 Å². The maximum Gasteiger partial charge on any atom is 0.169 e. The van der Waals surface area contributed by atoms with Gasteiger partial charge in [-0.3, -0.25) is 0 Å². The summed E-state index contributed by atoms with van der Waals surface area (Å²) in [5, 5.41) is 9.36. The highest BCUT2D eigenvalue weighted by molar-refractivity contribution is 7.22. The van der Waals surface area contributed by atoms with Crippen LogP contribution in [-0.4, -0.2) is 16.7 Å². The molecule has 4 nitrogen and oxygen atoms in total. The first-order valence-electron chi connectivity index (χ1n) is 13.6. The van der Waals surface area contributed by atoms with Gasteiger partial charge in [-0.05, 0) is 39.9 Å². The summed E-state index contributed by atoms with van der Waals surface area (Å²) < 4.78 is 1.18. The van der Waals surface area contributed by atoms with E-state index in [9.17, 15) is 0 Å². The molecule has 41 heavy (non-hydrogen) atoms. The van der Waals surface area contributed by atoms with Gasteiger partial charge in [0.25, 0.3) is 0 Å². The van der Waals surface area contributed by atoms with E-state index in [1.807, 2.05) is 24.3 Å². The van der Waals surface area contributed by atoms with Crippen molar-refractivity contribution in [2.75, 3.05) is 0 Å². The summed E-state index contributed by atoms with van der Waals surface area (Å²) in [7, 11) is 0. The largest absolute Gasteiger partial charge is 0.324 e. The van der Waals surface area contributed by atoms with Crippen LogP contribution in [-0.2, 0) is 0 Å². The number of hydrogen-bond acceptors (Lipinski definition) is 5. The van der Waals surface area contributed by atoms with Crippen LogP contribution < -0.4 is 5.32 Å². The van der Waals surface area contributed by atoms with Crippen molar-refractivity contribution in [3.05, 3.63) is 150 Å². The maximum absolute atomic E-state index is 5.11. The molecule has 1 unspecified atom stereocenters. The Bertz CT molecular complexity index is 2130. The van der Waals surface area contributed by atoms with Gasteiger partial charge in [-0.2, -0.15) is 0 Å². The fourth-order valence-corrected chi connectivity index (χ4v) is 6.51. The number of thiazole rings is 1. The molecule has 0 saturated carbocycles. The van der Waals surface area contributed by atoms with Gasteiger partial charge in [0.2, 0.25) is 0 Å². The molecule has 5 heteroatoms. The summed E-state index contributed by atoms with van der Waals surface area (Å²) >= 11 is 1.74. The molecular formula is C36H24N4S. The second kappa shape index (κ2) is 9.81. The monoisotopic (exact) mass is 544 g/mol. The fraction of sp³-hybridized carbons (Fsp3) is 0.0278. The first-order valence-corrected chi connectivity index (χ1v) is 14.5. The molecular weight excluding hydrogens is 520 g/mol. The van der Waals surface area contributed by atoms with E-state index in [0.717, 1.165) is 44.4 Å². The van der Waals surface area contributed by atoms with Gasteiger partial charge in [-0.25, -0.2) is 15.0 Å². The highest BCUT2D eigenvalue weighted by Gasteiger charge is 2.21. The van der Waals surface area contributed by atoms with Crippen LogP contribution in [0.5, 0.6) is 0 Å². The molecule has 6 aromatic carbocycles. The quantitative estimate of drug-likeness (QED) is 0.241. The van der Waals surface area contributed by atoms with Crippen LogP contribution in [0.25, 0.3) is 42.3 Å². The highest BCUT2D eigenvalue weighted by atomic mass is 32.1. The van der Waals surface area contributed by atoms with Gasteiger partial charge in [0.15, 0.2) is 6.17 Å². The van der Waals surface area contributed by atoms with E-state index in [0.29, 0.717) is 0 Å². The van der Waals surface area contributed by atoms with Crippen molar-refractivity contribution < 1.29 is 0 Å². The van der Waals surface area contributed by atoms with Crippen molar-refractivity contribution >= 4 is 54.8 Å². The predicted molar refractivity (Wildman–Crippen MR) is 172 cm³/mol. The highest BCUT2D eigenvalue weighted by Crippen LogP contribution is 2.36. The van der Waals surface area contributed by atoms with Crippen LogP contribution in [0.4, 0.5) is 0 Å². The van der Waals surface area contributed by atoms with Crippen molar-refractivity contribution in [1.82, 2.24) is 10.3 Å². The van der Waals surface area contributed by atoms with Gasteiger partial charge >= 0.3 is 0 Å². The van der Waals surface area contributed by atoms with Gasteiger partial charge in [0.05, 0.1) is 10.2 Å². The second-order valence-electron chi connectivity index (χ2n) is 10.2. The van der Waals surface area contributed by atoms with Crippen LogP contribution in [0.1, 0.15) is 22.9 Å². The topological polar surface area (TPSA) is 49.6 Å². The molecule has 0 fully saturated rings. The lowest BCUT2D eigenvalue weighted by Gasteiger charge is -2.22.